The van der Waals surface area contributed by atoms with Crippen LogP contribution in [0.2, 0.25) is 5.02 Å². The van der Waals surface area contributed by atoms with E-state index in [-0.39, 0.29) is 17.2 Å². The van der Waals surface area contributed by atoms with Gasteiger partial charge in [-0.2, -0.15) is 18.6 Å². The maximum absolute atomic E-state index is 12.9. The van der Waals surface area contributed by atoms with Crippen molar-refractivity contribution < 1.29 is 17.5 Å². The van der Waals surface area contributed by atoms with Gasteiger partial charge in [0.2, 0.25) is 5.91 Å². The van der Waals surface area contributed by atoms with E-state index < -0.39 is 16.2 Å². The third-order valence-electron chi connectivity index (χ3n) is 4.98. The number of halogens is 1. The smallest absolute Gasteiger partial charge is 0.312 e. The zero-order chi connectivity index (χ0) is 24.1. The molecule has 11 heteroatoms. The molecule has 0 saturated heterocycles. The molecule has 0 aliphatic heterocycles. The molecular weight excluding hydrogens is 514 g/mol. The molecule has 2 aromatic heterocycles. The summed E-state index contributed by atoms with van der Waals surface area (Å²) in [5.74, 6) is 4.68. The third-order valence-corrected chi connectivity index (χ3v) is 8.22. The second kappa shape index (κ2) is 10.8. The van der Waals surface area contributed by atoms with Gasteiger partial charge >= 0.3 is 10.1 Å². The van der Waals surface area contributed by atoms with E-state index in [1.165, 1.54) is 23.5 Å². The highest BCUT2D eigenvalue weighted by atomic mass is 35.5. The van der Waals surface area contributed by atoms with Crippen LogP contribution in [0.4, 0.5) is 0 Å². The van der Waals surface area contributed by atoms with Gasteiger partial charge < -0.3 is 5.32 Å². The molecule has 2 aromatic carbocycles. The summed E-state index contributed by atoms with van der Waals surface area (Å²) >= 11 is 9.15. The molecule has 4 rings (SSSR count). The number of carbonyl (C=O) groups excluding carboxylic acids is 1. The van der Waals surface area contributed by atoms with E-state index in [1.807, 2.05) is 29.0 Å². The van der Waals surface area contributed by atoms with Gasteiger partial charge in [0.15, 0.2) is 0 Å². The number of nitrogens with two attached hydrogens (primary N) is 1. The highest BCUT2D eigenvalue weighted by molar-refractivity contribution is 7.86. The molecule has 2 heterocycles. The second-order valence-electron chi connectivity index (χ2n) is 7.38. The molecule has 176 valence electrons. The van der Waals surface area contributed by atoms with Gasteiger partial charge in [-0.3, -0.25) is 4.79 Å². The van der Waals surface area contributed by atoms with E-state index in [9.17, 15) is 13.2 Å². The summed E-state index contributed by atoms with van der Waals surface area (Å²) < 4.78 is 27.7. The first-order valence-corrected chi connectivity index (χ1v) is 13.6. The third kappa shape index (κ3) is 6.09. The fourth-order valence-electron chi connectivity index (χ4n) is 3.35. The maximum atomic E-state index is 12.9. The topological polar surface area (TPSA) is 111 Å². The van der Waals surface area contributed by atoms with Crippen LogP contribution in [0.1, 0.15) is 22.9 Å². The average Bonchev–Trinajstić information content (AvgIpc) is 3.51. The number of thiophene rings is 1. The standard InChI is InChI=1S/C23H20ClN3O4S3/c24-17-4-1-3-16(11-17)13-22(28)26-19(20-14-33-23(27-20)21-5-2-10-32-21)12-15-6-8-18(9-7-15)34(29,30)31-25/h1-11,14,19H,12-13,25H2,(H,26,28)/t19-/m0/s1. The number of rotatable bonds is 9. The van der Waals surface area contributed by atoms with Gasteiger partial charge in [0.1, 0.15) is 5.01 Å². The number of nitrogens with one attached hydrogen (secondary N) is 1. The van der Waals surface area contributed by atoms with Gasteiger partial charge in [0.05, 0.1) is 27.9 Å². The molecule has 0 radical (unpaired) electrons. The van der Waals surface area contributed by atoms with E-state index in [0.29, 0.717) is 11.4 Å². The van der Waals surface area contributed by atoms with Gasteiger partial charge in [0, 0.05) is 10.4 Å². The predicted octanol–water partition coefficient (Wildman–Crippen LogP) is 4.75. The molecule has 34 heavy (non-hydrogen) atoms. The number of benzene rings is 2. The van der Waals surface area contributed by atoms with Crippen LogP contribution in [0.3, 0.4) is 0 Å². The SMILES string of the molecule is NOS(=O)(=O)c1ccc(C[C@H](NC(=O)Cc2cccc(Cl)c2)c2csc(-c3cccs3)n2)cc1. The Balaban J connectivity index is 1.56. The fraction of sp³-hybridized carbons (Fsp3) is 0.130. The van der Waals surface area contributed by atoms with Crippen LogP contribution in [-0.4, -0.2) is 19.3 Å². The largest absolute Gasteiger partial charge is 0.347 e. The maximum Gasteiger partial charge on any atom is 0.312 e. The summed E-state index contributed by atoms with van der Waals surface area (Å²) in [6.07, 6.45) is 0.586. The molecule has 3 N–H and O–H groups in total. The highest BCUT2D eigenvalue weighted by Crippen LogP contribution is 2.31. The lowest BCUT2D eigenvalue weighted by atomic mass is 10.0. The van der Waals surface area contributed by atoms with E-state index in [4.69, 9.17) is 22.5 Å². The van der Waals surface area contributed by atoms with Gasteiger partial charge in [-0.05, 0) is 53.3 Å². The number of hydrogen-bond acceptors (Lipinski definition) is 8. The average molecular weight is 534 g/mol. The first-order valence-electron chi connectivity index (χ1n) is 10.1. The minimum atomic E-state index is -3.99. The molecule has 0 spiro atoms. The van der Waals surface area contributed by atoms with Gasteiger partial charge in [-0.15, -0.1) is 22.7 Å². The van der Waals surface area contributed by atoms with E-state index in [0.717, 1.165) is 26.7 Å². The number of hydrogen-bond donors (Lipinski definition) is 2. The van der Waals surface area contributed by atoms with Crippen molar-refractivity contribution in [2.45, 2.75) is 23.8 Å². The van der Waals surface area contributed by atoms with E-state index in [1.54, 1.807) is 41.7 Å². The number of nitrogens with zero attached hydrogens (tertiary/aromatic N) is 1. The van der Waals surface area contributed by atoms with Crippen molar-refractivity contribution in [2.75, 3.05) is 0 Å². The number of aromatic nitrogens is 1. The van der Waals surface area contributed by atoms with Crippen molar-refractivity contribution in [3.05, 3.63) is 93.3 Å². The van der Waals surface area contributed by atoms with Crippen molar-refractivity contribution >= 4 is 50.3 Å². The Kier molecular flexibility index (Phi) is 7.77. The monoisotopic (exact) mass is 533 g/mol. The van der Waals surface area contributed by atoms with Crippen LogP contribution < -0.4 is 11.2 Å². The lowest BCUT2D eigenvalue weighted by Gasteiger charge is -2.18. The van der Waals surface area contributed by atoms with Crippen molar-refractivity contribution in [3.63, 3.8) is 0 Å². The van der Waals surface area contributed by atoms with Gasteiger partial charge in [-0.1, -0.05) is 41.9 Å². The van der Waals surface area contributed by atoms with Crippen molar-refractivity contribution in [3.8, 4) is 9.88 Å². The predicted molar refractivity (Wildman–Crippen MR) is 134 cm³/mol. The summed E-state index contributed by atoms with van der Waals surface area (Å²) in [4.78, 5) is 18.6. The van der Waals surface area contributed by atoms with Crippen molar-refractivity contribution in [2.24, 2.45) is 5.90 Å². The summed E-state index contributed by atoms with van der Waals surface area (Å²) in [5.41, 5.74) is 2.35. The highest BCUT2D eigenvalue weighted by Gasteiger charge is 2.21. The molecule has 7 nitrogen and oxygen atoms in total. The molecule has 0 fully saturated rings. The zero-order valence-corrected chi connectivity index (χ0v) is 20.9. The van der Waals surface area contributed by atoms with Gasteiger partial charge in [0.25, 0.3) is 0 Å². The summed E-state index contributed by atoms with van der Waals surface area (Å²) in [5, 5.41) is 8.43. The minimum absolute atomic E-state index is 0.0473. The Labute approximate surface area is 210 Å². The van der Waals surface area contributed by atoms with Gasteiger partial charge in [-0.25, -0.2) is 4.98 Å². The summed E-state index contributed by atoms with van der Waals surface area (Å²) in [7, 11) is -3.99. The van der Waals surface area contributed by atoms with Crippen LogP contribution >= 0.6 is 34.3 Å². The minimum Gasteiger partial charge on any atom is -0.347 e. The normalized spacial score (nSPS) is 12.4. The van der Waals surface area contributed by atoms with Crippen LogP contribution in [0.25, 0.3) is 9.88 Å². The van der Waals surface area contributed by atoms with Crippen LogP contribution in [-0.2, 0) is 32.0 Å². The summed E-state index contributed by atoms with van der Waals surface area (Å²) in [6.45, 7) is 0. The molecule has 0 bridgehead atoms. The summed E-state index contributed by atoms with van der Waals surface area (Å²) in [6, 6.07) is 16.9. The number of amides is 1. The van der Waals surface area contributed by atoms with Crippen LogP contribution in [0.15, 0.2) is 76.3 Å². The zero-order valence-electron chi connectivity index (χ0n) is 17.7. The number of carbonyl (C=O) groups is 1. The molecule has 1 atom stereocenters. The quantitative estimate of drug-likeness (QED) is 0.300. The van der Waals surface area contributed by atoms with Crippen molar-refractivity contribution in [1.82, 2.24) is 10.3 Å². The molecule has 1 amide bonds. The molecular formula is C23H20ClN3O4S3. The molecule has 0 saturated carbocycles. The Hall–Kier alpha value is -2.60. The second-order valence-corrected chi connectivity index (χ2v) is 11.2. The lowest BCUT2D eigenvalue weighted by Crippen LogP contribution is -2.31. The fourth-order valence-corrected chi connectivity index (χ4v) is 5.83. The number of thiazole rings is 1. The lowest BCUT2D eigenvalue weighted by molar-refractivity contribution is -0.121. The van der Waals surface area contributed by atoms with Crippen molar-refractivity contribution in [1.29, 1.82) is 0 Å². The molecule has 0 unspecified atom stereocenters. The Bertz CT molecular complexity index is 1370. The molecule has 4 aromatic rings. The van der Waals surface area contributed by atoms with Crippen LogP contribution in [0, 0.1) is 0 Å². The Morgan fingerprint density at radius 2 is 1.88 bits per heavy atom. The first kappa shape index (κ1) is 24.5. The van der Waals surface area contributed by atoms with Crippen LogP contribution in [0.5, 0.6) is 0 Å². The Morgan fingerprint density at radius 1 is 1.09 bits per heavy atom. The Morgan fingerprint density at radius 3 is 2.56 bits per heavy atom. The first-order chi connectivity index (χ1) is 16.3. The molecule has 0 aliphatic rings. The van der Waals surface area contributed by atoms with E-state index in [2.05, 4.69) is 9.60 Å². The van der Waals surface area contributed by atoms with E-state index >= 15 is 0 Å². The molecule has 0 aliphatic carbocycles.